The summed E-state index contributed by atoms with van der Waals surface area (Å²) in [5.41, 5.74) is 3.12. The van der Waals surface area contributed by atoms with Gasteiger partial charge < -0.3 is 10.2 Å². The van der Waals surface area contributed by atoms with E-state index in [4.69, 9.17) is 0 Å². The fourth-order valence-electron chi connectivity index (χ4n) is 5.17. The number of carbonyl (C=O) groups is 2. The Hall–Kier alpha value is -3.95. The molecule has 0 unspecified atom stereocenters. The van der Waals surface area contributed by atoms with Crippen LogP contribution in [0.15, 0.2) is 119 Å². The van der Waals surface area contributed by atoms with Gasteiger partial charge in [0.15, 0.2) is 0 Å². The van der Waals surface area contributed by atoms with Gasteiger partial charge in [0, 0.05) is 24.0 Å². The lowest BCUT2D eigenvalue weighted by Crippen LogP contribution is -2.53. The van der Waals surface area contributed by atoms with E-state index in [1.165, 1.54) is 17.0 Å². The molecule has 0 radical (unpaired) electrons. The predicted octanol–water partition coefficient (Wildman–Crippen LogP) is 7.32. The normalized spacial score (nSPS) is 12.0. The van der Waals surface area contributed by atoms with Crippen LogP contribution in [0.5, 0.6) is 0 Å². The molecule has 7 nitrogen and oxygen atoms in total. The largest absolute Gasteiger partial charge is 0.354 e. The van der Waals surface area contributed by atoms with Crippen LogP contribution in [0, 0.1) is 0 Å². The topological polar surface area (TPSA) is 86.8 Å². The Morgan fingerprint density at radius 3 is 2.07 bits per heavy atom. The van der Waals surface area contributed by atoms with Gasteiger partial charge in [-0.1, -0.05) is 116 Å². The molecule has 46 heavy (non-hydrogen) atoms. The molecule has 0 saturated heterocycles. The number of hydrogen-bond acceptors (Lipinski definition) is 4. The van der Waals surface area contributed by atoms with Gasteiger partial charge in [0.05, 0.1) is 10.6 Å². The van der Waals surface area contributed by atoms with Gasteiger partial charge in [0.1, 0.15) is 12.6 Å². The minimum absolute atomic E-state index is 0.0763. The molecule has 1 N–H and O–H groups in total. The maximum atomic E-state index is 14.6. The van der Waals surface area contributed by atoms with Crippen LogP contribution in [-0.4, -0.2) is 44.3 Å². The summed E-state index contributed by atoms with van der Waals surface area (Å²) in [6, 6.07) is 31.6. The highest BCUT2D eigenvalue weighted by Crippen LogP contribution is 2.27. The van der Waals surface area contributed by atoms with Gasteiger partial charge in [-0.05, 0) is 65.4 Å². The first kappa shape index (κ1) is 34.9. The smallest absolute Gasteiger partial charge is 0.264 e. The predicted molar refractivity (Wildman–Crippen MR) is 188 cm³/mol. The molecular formula is C37H42BrN3O4S. The minimum Gasteiger partial charge on any atom is -0.354 e. The second kappa shape index (κ2) is 16.6. The fraction of sp³-hybridized carbons (Fsp3) is 0.297. The minimum atomic E-state index is -4.14. The van der Waals surface area contributed by atoms with E-state index in [0.29, 0.717) is 12.2 Å². The molecule has 4 rings (SSSR count). The number of sulfonamides is 1. The summed E-state index contributed by atoms with van der Waals surface area (Å²) >= 11 is 3.52. The van der Waals surface area contributed by atoms with Crippen molar-refractivity contribution >= 4 is 43.5 Å². The third-order valence-corrected chi connectivity index (χ3v) is 10.1. The molecular weight excluding hydrogens is 662 g/mol. The van der Waals surface area contributed by atoms with Gasteiger partial charge in [-0.2, -0.15) is 0 Å². The molecule has 0 aliphatic carbocycles. The zero-order chi connectivity index (χ0) is 33.1. The van der Waals surface area contributed by atoms with Crippen molar-refractivity contribution in [3.8, 4) is 0 Å². The molecule has 0 bridgehead atoms. The van der Waals surface area contributed by atoms with E-state index in [1.807, 2.05) is 73.7 Å². The molecule has 1 atom stereocenters. The number of hydrogen-bond donors (Lipinski definition) is 1. The van der Waals surface area contributed by atoms with Gasteiger partial charge in [0.25, 0.3) is 10.0 Å². The fourth-order valence-corrected chi connectivity index (χ4v) is 7.05. The summed E-state index contributed by atoms with van der Waals surface area (Å²) in [6.07, 6.45) is 1.98. The highest BCUT2D eigenvalue weighted by molar-refractivity contribution is 9.10. The number of unbranched alkanes of at least 4 members (excludes halogenated alkanes) is 1. The van der Waals surface area contributed by atoms with Crippen molar-refractivity contribution < 1.29 is 18.0 Å². The summed E-state index contributed by atoms with van der Waals surface area (Å²) in [5.74, 6) is -0.515. The number of anilines is 1. The Morgan fingerprint density at radius 2 is 1.46 bits per heavy atom. The first-order chi connectivity index (χ1) is 22.1. The Morgan fingerprint density at radius 1 is 0.826 bits per heavy atom. The van der Waals surface area contributed by atoms with E-state index in [0.717, 1.165) is 38.3 Å². The van der Waals surface area contributed by atoms with Crippen LogP contribution < -0.4 is 9.62 Å². The Balaban J connectivity index is 1.79. The van der Waals surface area contributed by atoms with Gasteiger partial charge in [-0.25, -0.2) is 8.42 Å². The quantitative estimate of drug-likeness (QED) is 0.132. The van der Waals surface area contributed by atoms with E-state index in [-0.39, 0.29) is 29.7 Å². The summed E-state index contributed by atoms with van der Waals surface area (Å²) in [4.78, 5) is 30.0. The average Bonchev–Trinajstić information content (AvgIpc) is 3.06. The van der Waals surface area contributed by atoms with Crippen LogP contribution in [0.4, 0.5) is 5.69 Å². The number of nitrogens with zero attached hydrogens (tertiary/aromatic N) is 2. The zero-order valence-corrected chi connectivity index (χ0v) is 29.0. The Bertz CT molecular complexity index is 1680. The van der Waals surface area contributed by atoms with Crippen LogP contribution in [0.2, 0.25) is 0 Å². The van der Waals surface area contributed by atoms with Gasteiger partial charge in [0.2, 0.25) is 11.8 Å². The molecule has 2 amide bonds. The van der Waals surface area contributed by atoms with Crippen LogP contribution in [-0.2, 0) is 32.6 Å². The van der Waals surface area contributed by atoms with Crippen molar-refractivity contribution in [3.05, 3.63) is 130 Å². The number of rotatable bonds is 15. The monoisotopic (exact) mass is 703 g/mol. The number of halogens is 1. The molecule has 0 fully saturated rings. The molecule has 0 spiro atoms. The molecule has 242 valence electrons. The van der Waals surface area contributed by atoms with E-state index in [9.17, 15) is 18.0 Å². The van der Waals surface area contributed by atoms with Crippen molar-refractivity contribution in [2.24, 2.45) is 0 Å². The Kier molecular flexibility index (Phi) is 12.6. The lowest BCUT2D eigenvalue weighted by molar-refractivity contribution is -0.140. The lowest BCUT2D eigenvalue weighted by Gasteiger charge is -2.34. The second-order valence-electron chi connectivity index (χ2n) is 11.6. The molecule has 9 heteroatoms. The van der Waals surface area contributed by atoms with Gasteiger partial charge in [-0.3, -0.25) is 13.9 Å². The van der Waals surface area contributed by atoms with E-state index >= 15 is 0 Å². The van der Waals surface area contributed by atoms with Crippen molar-refractivity contribution in [2.75, 3.05) is 17.4 Å². The van der Waals surface area contributed by atoms with E-state index < -0.39 is 28.5 Å². The Labute approximate surface area is 281 Å². The van der Waals surface area contributed by atoms with Crippen LogP contribution in [0.25, 0.3) is 0 Å². The number of amides is 2. The zero-order valence-electron chi connectivity index (χ0n) is 26.6. The maximum absolute atomic E-state index is 14.6. The number of nitrogens with one attached hydrogen (secondary N) is 1. The first-order valence-corrected chi connectivity index (χ1v) is 17.9. The summed E-state index contributed by atoms with van der Waals surface area (Å²) in [6.45, 7) is 6.29. The molecule has 4 aromatic carbocycles. The highest BCUT2D eigenvalue weighted by atomic mass is 79.9. The third kappa shape index (κ3) is 9.30. The SMILES string of the molecule is CCCCNC(=O)[C@H](Cc1ccccc1)N(Cc1cccc(Br)c1)C(=O)CN(c1ccc(C(C)C)cc1)S(=O)(=O)c1ccccc1. The standard InChI is InChI=1S/C37H42BrN3O4S/c1-4-5-23-39-37(43)35(25-29-13-8-6-9-14-29)40(26-30-15-12-16-32(38)24-30)36(42)27-41(33-21-19-31(20-22-33)28(2)3)46(44,45)34-17-10-7-11-18-34/h6-22,24,28,35H,4-5,23,25-27H2,1-3H3,(H,39,43)/t35-/m0/s1. The third-order valence-electron chi connectivity index (χ3n) is 7.80. The van der Waals surface area contributed by atoms with E-state index in [2.05, 4.69) is 35.1 Å². The average molecular weight is 705 g/mol. The van der Waals surface area contributed by atoms with Crippen molar-refractivity contribution in [1.82, 2.24) is 10.2 Å². The summed E-state index contributed by atoms with van der Waals surface area (Å²) < 4.78 is 30.3. The maximum Gasteiger partial charge on any atom is 0.264 e. The molecule has 4 aromatic rings. The second-order valence-corrected chi connectivity index (χ2v) is 14.4. The van der Waals surface area contributed by atoms with Crippen LogP contribution >= 0.6 is 15.9 Å². The molecule has 0 saturated carbocycles. The summed E-state index contributed by atoms with van der Waals surface area (Å²) in [7, 11) is -4.14. The summed E-state index contributed by atoms with van der Waals surface area (Å²) in [5, 5.41) is 3.02. The molecule has 0 aliphatic heterocycles. The van der Waals surface area contributed by atoms with Crippen molar-refractivity contribution in [1.29, 1.82) is 0 Å². The van der Waals surface area contributed by atoms with Gasteiger partial charge >= 0.3 is 0 Å². The van der Waals surface area contributed by atoms with Gasteiger partial charge in [-0.15, -0.1) is 0 Å². The number of benzene rings is 4. The number of carbonyl (C=O) groups excluding carboxylic acids is 2. The van der Waals surface area contributed by atoms with Crippen LogP contribution in [0.3, 0.4) is 0 Å². The van der Waals surface area contributed by atoms with E-state index in [1.54, 1.807) is 30.3 Å². The molecule has 0 aliphatic rings. The van der Waals surface area contributed by atoms with Crippen LogP contribution in [0.1, 0.15) is 56.2 Å². The highest BCUT2D eigenvalue weighted by Gasteiger charge is 2.34. The lowest BCUT2D eigenvalue weighted by atomic mass is 10.0. The van der Waals surface area contributed by atoms with Crippen molar-refractivity contribution in [2.45, 2.75) is 63.4 Å². The molecule has 0 heterocycles. The van der Waals surface area contributed by atoms with Crippen molar-refractivity contribution in [3.63, 3.8) is 0 Å². The molecule has 0 aromatic heterocycles. The first-order valence-electron chi connectivity index (χ1n) is 15.6.